The number of fused-ring (bicyclic) bond motifs is 1. The topological polar surface area (TPSA) is 46.9 Å². The number of carbonyl (C=O) groups excluding carboxylic acids is 1. The SMILES string of the molecule is O=C(Cc1ccccc1)NCCCc1nc2ccccc2n1Cc1ccc(Cl)cc1. The molecule has 1 heterocycles. The van der Waals surface area contributed by atoms with Crippen molar-refractivity contribution in [2.75, 3.05) is 6.54 Å². The first kappa shape index (κ1) is 20.2. The number of para-hydroxylation sites is 2. The van der Waals surface area contributed by atoms with Gasteiger partial charge in [-0.1, -0.05) is 66.2 Å². The van der Waals surface area contributed by atoms with Crippen molar-refractivity contribution in [3.05, 3.63) is 101 Å². The van der Waals surface area contributed by atoms with Gasteiger partial charge in [-0.3, -0.25) is 4.79 Å². The van der Waals surface area contributed by atoms with E-state index in [2.05, 4.69) is 16.0 Å². The molecule has 0 saturated heterocycles. The number of rotatable bonds is 8. The zero-order valence-electron chi connectivity index (χ0n) is 16.7. The van der Waals surface area contributed by atoms with E-state index in [1.807, 2.05) is 72.8 Å². The van der Waals surface area contributed by atoms with Gasteiger partial charge in [-0.05, 0) is 41.8 Å². The molecular weight excluding hydrogens is 394 g/mol. The van der Waals surface area contributed by atoms with E-state index in [-0.39, 0.29) is 5.91 Å². The third-order valence-corrected chi connectivity index (χ3v) is 5.35. The third-order valence-electron chi connectivity index (χ3n) is 5.09. The van der Waals surface area contributed by atoms with Gasteiger partial charge in [0.2, 0.25) is 5.91 Å². The Morgan fingerprint density at radius 3 is 2.43 bits per heavy atom. The highest BCUT2D eigenvalue weighted by atomic mass is 35.5. The molecule has 30 heavy (non-hydrogen) atoms. The fourth-order valence-electron chi connectivity index (χ4n) is 3.58. The van der Waals surface area contributed by atoms with Crippen LogP contribution in [0, 0.1) is 0 Å². The van der Waals surface area contributed by atoms with Crippen molar-refractivity contribution < 1.29 is 4.79 Å². The molecule has 5 heteroatoms. The fraction of sp³-hybridized carbons (Fsp3) is 0.200. The maximum atomic E-state index is 12.2. The molecule has 0 bridgehead atoms. The van der Waals surface area contributed by atoms with Gasteiger partial charge in [-0.2, -0.15) is 0 Å². The van der Waals surface area contributed by atoms with Crippen LogP contribution in [-0.2, 0) is 24.2 Å². The minimum Gasteiger partial charge on any atom is -0.356 e. The van der Waals surface area contributed by atoms with Crippen LogP contribution in [0.2, 0.25) is 5.02 Å². The molecule has 0 atom stereocenters. The maximum Gasteiger partial charge on any atom is 0.224 e. The van der Waals surface area contributed by atoms with Crippen molar-refractivity contribution in [2.45, 2.75) is 25.8 Å². The minimum absolute atomic E-state index is 0.0517. The van der Waals surface area contributed by atoms with Gasteiger partial charge in [0.25, 0.3) is 0 Å². The number of hydrogen-bond donors (Lipinski definition) is 1. The summed E-state index contributed by atoms with van der Waals surface area (Å²) < 4.78 is 2.25. The third kappa shape index (κ3) is 5.08. The standard InChI is InChI=1S/C25H24ClN3O/c26-21-14-12-20(13-15-21)18-29-23-10-5-4-9-22(23)28-24(29)11-6-16-27-25(30)17-19-7-2-1-3-8-19/h1-5,7-10,12-15H,6,11,16-18H2,(H,27,30). The first-order valence-corrected chi connectivity index (χ1v) is 10.6. The summed E-state index contributed by atoms with van der Waals surface area (Å²) in [7, 11) is 0. The van der Waals surface area contributed by atoms with Gasteiger partial charge >= 0.3 is 0 Å². The Hall–Kier alpha value is -3.11. The van der Waals surface area contributed by atoms with Crippen molar-refractivity contribution >= 4 is 28.5 Å². The Balaban J connectivity index is 1.39. The molecule has 1 N–H and O–H groups in total. The fourth-order valence-corrected chi connectivity index (χ4v) is 3.71. The van der Waals surface area contributed by atoms with Gasteiger partial charge in [-0.25, -0.2) is 4.98 Å². The van der Waals surface area contributed by atoms with Crippen LogP contribution in [0.3, 0.4) is 0 Å². The van der Waals surface area contributed by atoms with Crippen LogP contribution in [0.25, 0.3) is 11.0 Å². The van der Waals surface area contributed by atoms with Crippen LogP contribution in [0.4, 0.5) is 0 Å². The van der Waals surface area contributed by atoms with Crippen LogP contribution in [0.15, 0.2) is 78.9 Å². The number of hydrogen-bond acceptors (Lipinski definition) is 2. The average molecular weight is 418 g/mol. The Morgan fingerprint density at radius 1 is 0.900 bits per heavy atom. The van der Waals surface area contributed by atoms with Crippen molar-refractivity contribution in [3.8, 4) is 0 Å². The molecule has 0 saturated carbocycles. The van der Waals surface area contributed by atoms with E-state index in [0.29, 0.717) is 13.0 Å². The second-order valence-corrected chi connectivity index (χ2v) is 7.78. The second kappa shape index (κ2) is 9.59. The van der Waals surface area contributed by atoms with E-state index in [9.17, 15) is 4.79 Å². The molecule has 152 valence electrons. The average Bonchev–Trinajstić information content (AvgIpc) is 3.11. The van der Waals surface area contributed by atoms with E-state index in [1.54, 1.807) is 0 Å². The second-order valence-electron chi connectivity index (χ2n) is 7.35. The highest BCUT2D eigenvalue weighted by Crippen LogP contribution is 2.20. The van der Waals surface area contributed by atoms with E-state index >= 15 is 0 Å². The van der Waals surface area contributed by atoms with Crippen LogP contribution >= 0.6 is 11.6 Å². The number of nitrogens with one attached hydrogen (secondary N) is 1. The molecule has 0 fully saturated rings. The lowest BCUT2D eigenvalue weighted by Gasteiger charge is -2.10. The largest absolute Gasteiger partial charge is 0.356 e. The maximum absolute atomic E-state index is 12.2. The molecule has 0 aliphatic rings. The predicted octanol–water partition coefficient (Wildman–Crippen LogP) is 5.03. The van der Waals surface area contributed by atoms with Crippen molar-refractivity contribution in [1.29, 1.82) is 0 Å². The summed E-state index contributed by atoms with van der Waals surface area (Å²) in [6, 6.07) is 25.9. The lowest BCUT2D eigenvalue weighted by atomic mass is 10.1. The van der Waals surface area contributed by atoms with Crippen LogP contribution in [0.1, 0.15) is 23.4 Å². The molecule has 0 spiro atoms. The predicted molar refractivity (Wildman–Crippen MR) is 122 cm³/mol. The zero-order chi connectivity index (χ0) is 20.8. The van der Waals surface area contributed by atoms with Gasteiger partial charge in [0.05, 0.1) is 17.5 Å². The monoisotopic (exact) mass is 417 g/mol. The molecule has 4 aromatic rings. The van der Waals surface area contributed by atoms with Gasteiger partial charge in [-0.15, -0.1) is 0 Å². The van der Waals surface area contributed by atoms with Crippen LogP contribution < -0.4 is 5.32 Å². The summed E-state index contributed by atoms with van der Waals surface area (Å²) >= 11 is 6.03. The number of benzene rings is 3. The van der Waals surface area contributed by atoms with Crippen molar-refractivity contribution in [3.63, 3.8) is 0 Å². The van der Waals surface area contributed by atoms with E-state index in [4.69, 9.17) is 16.6 Å². The Morgan fingerprint density at radius 2 is 1.63 bits per heavy atom. The van der Waals surface area contributed by atoms with Gasteiger partial charge in [0.1, 0.15) is 5.82 Å². The number of amides is 1. The van der Waals surface area contributed by atoms with E-state index in [1.165, 1.54) is 5.56 Å². The Labute approximate surface area is 181 Å². The molecule has 0 radical (unpaired) electrons. The molecule has 0 unspecified atom stereocenters. The van der Waals surface area contributed by atoms with Crippen LogP contribution in [0.5, 0.6) is 0 Å². The summed E-state index contributed by atoms with van der Waals surface area (Å²) in [5.74, 6) is 1.08. The summed E-state index contributed by atoms with van der Waals surface area (Å²) in [5, 5.41) is 3.76. The number of aromatic nitrogens is 2. The van der Waals surface area contributed by atoms with Crippen molar-refractivity contribution in [1.82, 2.24) is 14.9 Å². The van der Waals surface area contributed by atoms with E-state index < -0.39 is 0 Å². The molecular formula is C25H24ClN3O. The summed E-state index contributed by atoms with van der Waals surface area (Å²) in [6.07, 6.45) is 2.05. The number of nitrogens with zero attached hydrogens (tertiary/aromatic N) is 2. The lowest BCUT2D eigenvalue weighted by Crippen LogP contribution is -2.26. The smallest absolute Gasteiger partial charge is 0.224 e. The van der Waals surface area contributed by atoms with E-state index in [0.717, 1.165) is 46.8 Å². The quantitative estimate of drug-likeness (QED) is 0.409. The van der Waals surface area contributed by atoms with Gasteiger partial charge in [0.15, 0.2) is 0 Å². The number of halogens is 1. The highest BCUT2D eigenvalue weighted by Gasteiger charge is 2.11. The first-order chi connectivity index (χ1) is 14.7. The van der Waals surface area contributed by atoms with Crippen LogP contribution in [-0.4, -0.2) is 22.0 Å². The lowest BCUT2D eigenvalue weighted by molar-refractivity contribution is -0.120. The summed E-state index contributed by atoms with van der Waals surface area (Å²) in [4.78, 5) is 17.0. The molecule has 0 aliphatic heterocycles. The Kier molecular flexibility index (Phi) is 6.45. The van der Waals surface area contributed by atoms with Gasteiger partial charge in [0, 0.05) is 24.5 Å². The minimum atomic E-state index is 0.0517. The molecule has 4 rings (SSSR count). The summed E-state index contributed by atoms with van der Waals surface area (Å²) in [5.41, 5.74) is 4.32. The number of carbonyl (C=O) groups is 1. The molecule has 3 aromatic carbocycles. The van der Waals surface area contributed by atoms with Crippen molar-refractivity contribution in [2.24, 2.45) is 0 Å². The Bertz CT molecular complexity index is 1120. The molecule has 1 amide bonds. The molecule has 4 nitrogen and oxygen atoms in total. The zero-order valence-corrected chi connectivity index (χ0v) is 17.5. The first-order valence-electron chi connectivity index (χ1n) is 10.2. The normalized spacial score (nSPS) is 11.0. The number of aryl methyl sites for hydroxylation is 1. The summed E-state index contributed by atoms with van der Waals surface area (Å²) in [6.45, 7) is 1.38. The number of imidazole rings is 1. The highest BCUT2D eigenvalue weighted by molar-refractivity contribution is 6.30. The molecule has 1 aromatic heterocycles. The van der Waals surface area contributed by atoms with Gasteiger partial charge < -0.3 is 9.88 Å². The molecule has 0 aliphatic carbocycles.